The fourth-order valence-electron chi connectivity index (χ4n) is 1.26. The second-order valence-corrected chi connectivity index (χ2v) is 4.68. The Kier molecular flexibility index (Phi) is 5.31. The molecule has 16 heavy (non-hydrogen) atoms. The highest BCUT2D eigenvalue weighted by Crippen LogP contribution is 2.16. The van der Waals surface area contributed by atoms with Crippen LogP contribution in [0.4, 0.5) is 0 Å². The van der Waals surface area contributed by atoms with E-state index in [0.717, 1.165) is 15.6 Å². The molecule has 0 heterocycles. The van der Waals surface area contributed by atoms with E-state index in [2.05, 4.69) is 27.8 Å². The zero-order valence-corrected chi connectivity index (χ0v) is 11.1. The van der Waals surface area contributed by atoms with Gasteiger partial charge in [-0.1, -0.05) is 52.9 Å². The molecule has 0 aliphatic carbocycles. The zero-order chi connectivity index (χ0) is 12.0. The molecule has 0 aliphatic heterocycles. The molecule has 0 amide bonds. The molecule has 2 heteroatoms. The second kappa shape index (κ2) is 6.52. The lowest BCUT2D eigenvalue weighted by molar-refractivity contribution is 0.211. The van der Waals surface area contributed by atoms with Crippen LogP contribution in [0.25, 0.3) is 0 Å². The third-order valence-corrected chi connectivity index (χ3v) is 2.63. The maximum Gasteiger partial charge on any atom is 0.0873 e. The van der Waals surface area contributed by atoms with Crippen LogP contribution in [0.5, 0.6) is 0 Å². The molecule has 1 N–H and O–H groups in total. The van der Waals surface area contributed by atoms with Gasteiger partial charge in [0.25, 0.3) is 0 Å². The maximum atomic E-state index is 9.78. The molecule has 0 aliphatic rings. The van der Waals surface area contributed by atoms with Crippen molar-refractivity contribution in [2.75, 3.05) is 0 Å². The second-order valence-electron chi connectivity index (χ2n) is 3.49. The van der Waals surface area contributed by atoms with Gasteiger partial charge in [0.05, 0.1) is 6.10 Å². The van der Waals surface area contributed by atoms with Crippen LogP contribution in [-0.2, 0) is 0 Å². The Morgan fingerprint density at radius 1 is 1.38 bits per heavy atom. The highest BCUT2D eigenvalue weighted by atomic mass is 79.9. The number of aliphatic hydroxyl groups is 1. The number of hydrogen-bond acceptors (Lipinski definition) is 1. The Morgan fingerprint density at radius 3 is 2.50 bits per heavy atom. The number of hydrogen-bond donors (Lipinski definition) is 1. The Bertz CT molecular complexity index is 419. The van der Waals surface area contributed by atoms with Gasteiger partial charge in [0.15, 0.2) is 0 Å². The van der Waals surface area contributed by atoms with Gasteiger partial charge in [0.2, 0.25) is 0 Å². The van der Waals surface area contributed by atoms with Crippen LogP contribution in [0.15, 0.2) is 40.4 Å². The van der Waals surface area contributed by atoms with Crippen LogP contribution in [0.1, 0.15) is 25.8 Å². The standard InChI is InChI=1S/C14H15BrO/c1-3-14(16)13(11(2)15)10-9-12-7-5-4-6-8-12/h4-8,14,16H,3H2,1-2H3/b13-11+. The lowest BCUT2D eigenvalue weighted by Gasteiger charge is -2.07. The molecule has 1 aromatic rings. The maximum absolute atomic E-state index is 9.78. The molecule has 0 spiro atoms. The zero-order valence-electron chi connectivity index (χ0n) is 9.50. The average molecular weight is 279 g/mol. The molecule has 0 saturated carbocycles. The van der Waals surface area contributed by atoms with Crippen molar-refractivity contribution < 1.29 is 5.11 Å². The van der Waals surface area contributed by atoms with Gasteiger partial charge in [0.1, 0.15) is 0 Å². The van der Waals surface area contributed by atoms with Crippen LogP contribution < -0.4 is 0 Å². The van der Waals surface area contributed by atoms with E-state index in [1.165, 1.54) is 0 Å². The van der Waals surface area contributed by atoms with E-state index in [1.807, 2.05) is 44.2 Å². The number of halogens is 1. The van der Waals surface area contributed by atoms with E-state index in [0.29, 0.717) is 6.42 Å². The predicted molar refractivity (Wildman–Crippen MR) is 71.2 cm³/mol. The first kappa shape index (κ1) is 13.0. The third kappa shape index (κ3) is 3.84. The van der Waals surface area contributed by atoms with Crippen molar-refractivity contribution in [3.8, 4) is 11.8 Å². The van der Waals surface area contributed by atoms with Gasteiger partial charge >= 0.3 is 0 Å². The largest absolute Gasteiger partial charge is 0.388 e. The minimum Gasteiger partial charge on any atom is -0.388 e. The summed E-state index contributed by atoms with van der Waals surface area (Å²) in [5.74, 6) is 6.06. The van der Waals surface area contributed by atoms with Crippen LogP contribution in [0, 0.1) is 11.8 Å². The van der Waals surface area contributed by atoms with Gasteiger partial charge < -0.3 is 5.11 Å². The molecule has 1 rings (SSSR count). The number of benzene rings is 1. The fraction of sp³-hybridized carbons (Fsp3) is 0.286. The van der Waals surface area contributed by atoms with Crippen LogP contribution in [0.3, 0.4) is 0 Å². The van der Waals surface area contributed by atoms with Crippen molar-refractivity contribution >= 4 is 15.9 Å². The van der Waals surface area contributed by atoms with Crippen molar-refractivity contribution in [1.29, 1.82) is 0 Å². The summed E-state index contributed by atoms with van der Waals surface area (Å²) in [5.41, 5.74) is 1.71. The molecule has 1 unspecified atom stereocenters. The summed E-state index contributed by atoms with van der Waals surface area (Å²) in [4.78, 5) is 0. The van der Waals surface area contributed by atoms with Crippen molar-refractivity contribution in [2.45, 2.75) is 26.4 Å². The van der Waals surface area contributed by atoms with Crippen molar-refractivity contribution in [1.82, 2.24) is 0 Å². The number of aliphatic hydroxyl groups excluding tert-OH is 1. The molecular weight excluding hydrogens is 264 g/mol. The number of allylic oxidation sites excluding steroid dienone is 1. The Morgan fingerprint density at radius 2 is 2.00 bits per heavy atom. The highest BCUT2D eigenvalue weighted by molar-refractivity contribution is 9.11. The number of rotatable bonds is 2. The summed E-state index contributed by atoms with van der Waals surface area (Å²) < 4.78 is 0.894. The first-order valence-corrected chi connectivity index (χ1v) is 6.05. The third-order valence-electron chi connectivity index (χ3n) is 2.21. The summed E-state index contributed by atoms with van der Waals surface area (Å²) in [6.45, 7) is 3.83. The Labute approximate surface area is 105 Å². The Hall–Kier alpha value is -1.04. The van der Waals surface area contributed by atoms with Gasteiger partial charge in [-0.25, -0.2) is 0 Å². The topological polar surface area (TPSA) is 20.2 Å². The van der Waals surface area contributed by atoms with Gasteiger partial charge in [0, 0.05) is 15.6 Å². The van der Waals surface area contributed by atoms with Crippen molar-refractivity contribution in [3.63, 3.8) is 0 Å². The van der Waals surface area contributed by atoms with Gasteiger partial charge in [-0.3, -0.25) is 0 Å². The van der Waals surface area contributed by atoms with E-state index < -0.39 is 6.10 Å². The van der Waals surface area contributed by atoms with E-state index >= 15 is 0 Å². The molecular formula is C14H15BrO. The van der Waals surface area contributed by atoms with Crippen molar-refractivity contribution in [3.05, 3.63) is 46.0 Å². The lowest BCUT2D eigenvalue weighted by atomic mass is 10.1. The average Bonchev–Trinajstić information content (AvgIpc) is 2.30. The summed E-state index contributed by atoms with van der Waals surface area (Å²) in [6, 6.07) is 9.76. The minimum absolute atomic E-state index is 0.490. The summed E-state index contributed by atoms with van der Waals surface area (Å²) in [7, 11) is 0. The lowest BCUT2D eigenvalue weighted by Crippen LogP contribution is -2.07. The van der Waals surface area contributed by atoms with E-state index in [4.69, 9.17) is 0 Å². The molecule has 0 bridgehead atoms. The van der Waals surface area contributed by atoms with Gasteiger partial charge in [-0.05, 0) is 25.5 Å². The summed E-state index contributed by atoms with van der Waals surface area (Å²) >= 11 is 3.37. The first-order chi connectivity index (χ1) is 7.65. The molecule has 0 radical (unpaired) electrons. The van der Waals surface area contributed by atoms with Gasteiger partial charge in [-0.2, -0.15) is 0 Å². The van der Waals surface area contributed by atoms with Crippen molar-refractivity contribution in [2.24, 2.45) is 0 Å². The van der Waals surface area contributed by atoms with E-state index in [1.54, 1.807) is 0 Å². The SMILES string of the molecule is CCC(O)/C(C#Cc1ccccc1)=C(\C)Br. The molecule has 1 nitrogen and oxygen atoms in total. The Balaban J connectivity index is 2.95. The molecule has 1 atom stereocenters. The van der Waals surface area contributed by atoms with Gasteiger partial charge in [-0.15, -0.1) is 0 Å². The van der Waals surface area contributed by atoms with Crippen LogP contribution in [0.2, 0.25) is 0 Å². The minimum atomic E-state index is -0.490. The highest BCUT2D eigenvalue weighted by Gasteiger charge is 2.07. The quantitative estimate of drug-likeness (QED) is 0.822. The molecule has 0 saturated heterocycles. The van der Waals surface area contributed by atoms with E-state index in [9.17, 15) is 5.11 Å². The molecule has 84 valence electrons. The van der Waals surface area contributed by atoms with Crippen LogP contribution in [-0.4, -0.2) is 11.2 Å². The van der Waals surface area contributed by atoms with Crippen LogP contribution >= 0.6 is 15.9 Å². The summed E-state index contributed by atoms with van der Waals surface area (Å²) in [5, 5.41) is 9.78. The summed E-state index contributed by atoms with van der Waals surface area (Å²) in [6.07, 6.45) is 0.178. The smallest absolute Gasteiger partial charge is 0.0873 e. The molecule has 0 fully saturated rings. The normalized spacial score (nSPS) is 13.5. The predicted octanol–water partition coefficient (Wildman–Crippen LogP) is 3.48. The molecule has 1 aromatic carbocycles. The first-order valence-electron chi connectivity index (χ1n) is 5.26. The van der Waals surface area contributed by atoms with E-state index in [-0.39, 0.29) is 0 Å². The molecule has 0 aromatic heterocycles. The monoisotopic (exact) mass is 278 g/mol. The fourth-order valence-corrected chi connectivity index (χ4v) is 1.63.